The highest BCUT2D eigenvalue weighted by atomic mass is 19.4. The molecular weight excluding hydrogens is 812 g/mol. The van der Waals surface area contributed by atoms with Crippen molar-refractivity contribution in [2.45, 2.75) is 57.0 Å². The van der Waals surface area contributed by atoms with Crippen LogP contribution in [0.5, 0.6) is 11.5 Å². The number of benzene rings is 4. The molecule has 1 aliphatic heterocycles. The zero-order valence-electron chi connectivity index (χ0n) is 34.5. The molecule has 6 N–H and O–H groups in total. The number of fused-ring (bicyclic) bond motifs is 1. The third kappa shape index (κ3) is 13.3. The van der Waals surface area contributed by atoms with Crippen molar-refractivity contribution in [1.29, 1.82) is 0 Å². The fourth-order valence-corrected chi connectivity index (χ4v) is 7.00. The lowest BCUT2D eigenvalue weighted by molar-refractivity contribution is -0.896. The number of phenols is 1. The number of aliphatic hydroxyl groups is 1. The lowest BCUT2D eigenvalue weighted by Crippen LogP contribution is -2.48. The number of halogens is 3. The number of aromatic amines is 1. The number of aliphatic carboxylic acids is 1. The summed E-state index contributed by atoms with van der Waals surface area (Å²) in [5.74, 6) is -2.71. The molecule has 17 heteroatoms. The molecule has 1 fully saturated rings. The zero-order chi connectivity index (χ0) is 45.0. The van der Waals surface area contributed by atoms with Gasteiger partial charge in [-0.15, -0.1) is 0 Å². The highest BCUT2D eigenvalue weighted by Gasteiger charge is 2.29. The number of piperidine rings is 1. The van der Waals surface area contributed by atoms with Gasteiger partial charge in [-0.3, -0.25) is 14.9 Å². The number of likely N-dealkylation sites (tertiary alicyclic amines) is 1. The molecular formula is C45H50F3N5O9. The Morgan fingerprint density at radius 1 is 0.919 bits per heavy atom. The molecule has 5 aromatic rings. The number of hydrogen-bond acceptors (Lipinski definition) is 10. The normalized spacial score (nSPS) is 14.2. The smallest absolute Gasteiger partial charge is 0.430 e. The van der Waals surface area contributed by atoms with Gasteiger partial charge in [-0.05, 0) is 65.4 Å². The average molecular weight is 862 g/mol. The molecule has 1 aliphatic rings. The van der Waals surface area contributed by atoms with E-state index >= 15 is 0 Å². The maximum atomic E-state index is 13.0. The molecule has 6 rings (SSSR count). The summed E-state index contributed by atoms with van der Waals surface area (Å²) >= 11 is 0. The highest BCUT2D eigenvalue weighted by molar-refractivity contribution is 5.93. The summed E-state index contributed by atoms with van der Waals surface area (Å²) in [6.45, 7) is 2.57. The molecule has 0 radical (unpaired) electrons. The molecule has 0 saturated carbocycles. The van der Waals surface area contributed by atoms with E-state index in [1.807, 2.05) is 60.7 Å². The summed E-state index contributed by atoms with van der Waals surface area (Å²) in [6.07, 6.45) is -3.47. The number of carboxylic acids is 1. The van der Waals surface area contributed by atoms with E-state index in [9.17, 15) is 37.8 Å². The van der Waals surface area contributed by atoms with Crippen LogP contribution >= 0.6 is 0 Å². The van der Waals surface area contributed by atoms with Crippen molar-refractivity contribution < 1.29 is 56.8 Å². The van der Waals surface area contributed by atoms with Crippen LogP contribution < -0.4 is 31.4 Å². The van der Waals surface area contributed by atoms with Crippen LogP contribution in [0.25, 0.3) is 22.0 Å². The number of aliphatic hydroxyl groups excluding tert-OH is 1. The topological polar surface area (TPSA) is 202 Å². The highest BCUT2D eigenvalue weighted by Crippen LogP contribution is 2.32. The minimum absolute atomic E-state index is 0.0648. The lowest BCUT2D eigenvalue weighted by atomic mass is 9.99. The number of ether oxygens (including phenoxy) is 2. The van der Waals surface area contributed by atoms with Gasteiger partial charge < -0.3 is 49.7 Å². The number of nitrogens with zero attached hydrogens (tertiary/aromatic N) is 1. The van der Waals surface area contributed by atoms with Crippen molar-refractivity contribution in [2.24, 2.45) is 0 Å². The van der Waals surface area contributed by atoms with E-state index in [0.717, 1.165) is 52.7 Å². The van der Waals surface area contributed by atoms with Crippen molar-refractivity contribution in [2.75, 3.05) is 51.5 Å². The van der Waals surface area contributed by atoms with Gasteiger partial charge in [0.2, 0.25) is 11.5 Å². The minimum Gasteiger partial charge on any atom is -0.542 e. The van der Waals surface area contributed by atoms with Gasteiger partial charge in [0.05, 0.1) is 57.3 Å². The molecule has 0 aliphatic carbocycles. The van der Waals surface area contributed by atoms with E-state index in [1.54, 1.807) is 25.3 Å². The molecule has 330 valence electrons. The third-order valence-corrected chi connectivity index (χ3v) is 10.4. The number of anilines is 2. The Kier molecular flexibility index (Phi) is 15.7. The van der Waals surface area contributed by atoms with Gasteiger partial charge in [0.1, 0.15) is 23.6 Å². The van der Waals surface area contributed by atoms with Crippen LogP contribution in [0.15, 0.2) is 95.8 Å². The van der Waals surface area contributed by atoms with Crippen LogP contribution in [0.1, 0.15) is 48.5 Å². The number of carboxylic acid groups (broad SMARTS) is 1. The maximum Gasteiger partial charge on any atom is 0.430 e. The lowest BCUT2D eigenvalue weighted by Gasteiger charge is -2.36. The number of methoxy groups -OCH3 is 1. The number of hydrogen-bond donors (Lipinski definition) is 6. The largest absolute Gasteiger partial charge is 0.542 e. The summed E-state index contributed by atoms with van der Waals surface area (Å²) in [6, 6.07) is 27.4. The zero-order valence-corrected chi connectivity index (χ0v) is 34.5. The number of alkyl halides is 3. The predicted octanol–water partition coefficient (Wildman–Crippen LogP) is 5.78. The van der Waals surface area contributed by atoms with Crippen molar-refractivity contribution in [1.82, 2.24) is 10.3 Å². The Hall–Kier alpha value is -6.43. The number of amides is 2. The summed E-state index contributed by atoms with van der Waals surface area (Å²) in [5, 5.41) is 39.6. The molecule has 0 bridgehead atoms. The van der Waals surface area contributed by atoms with Crippen molar-refractivity contribution in [3.63, 3.8) is 0 Å². The molecule has 14 nitrogen and oxygen atoms in total. The van der Waals surface area contributed by atoms with Crippen molar-refractivity contribution >= 4 is 40.2 Å². The summed E-state index contributed by atoms with van der Waals surface area (Å²) < 4.78 is 43.9. The molecule has 4 aromatic carbocycles. The second-order valence-electron chi connectivity index (χ2n) is 15.5. The number of phenolic OH excluding ortho intramolecular Hbond substituents is 1. The number of pyridine rings is 1. The molecule has 62 heavy (non-hydrogen) atoms. The van der Waals surface area contributed by atoms with E-state index in [1.165, 1.54) is 12.1 Å². The Morgan fingerprint density at radius 2 is 1.61 bits per heavy atom. The number of rotatable bonds is 14. The number of carbonyl (C=O) groups is 3. The Morgan fingerprint density at radius 3 is 2.29 bits per heavy atom. The first-order chi connectivity index (χ1) is 29.4. The Labute approximate surface area is 355 Å². The first-order valence-electron chi connectivity index (χ1n) is 19.9. The molecule has 0 unspecified atom stereocenters. The van der Waals surface area contributed by atoms with Gasteiger partial charge in [-0.25, -0.2) is 4.79 Å². The fourth-order valence-electron chi connectivity index (χ4n) is 7.00. The summed E-state index contributed by atoms with van der Waals surface area (Å²) in [7, 11) is 5.93. The Balaban J connectivity index is 0.000000955. The van der Waals surface area contributed by atoms with Crippen LogP contribution in [0.4, 0.5) is 29.3 Å². The molecule has 2 heterocycles. The number of aromatic hydroxyl groups is 1. The van der Waals surface area contributed by atoms with Gasteiger partial charge in [-0.2, -0.15) is 13.2 Å². The van der Waals surface area contributed by atoms with Gasteiger partial charge in [-0.1, -0.05) is 54.6 Å². The number of aryl methyl sites for hydroxylation is 1. The average Bonchev–Trinajstić information content (AvgIpc) is 3.22. The van der Waals surface area contributed by atoms with E-state index in [0.29, 0.717) is 47.5 Å². The van der Waals surface area contributed by atoms with Crippen LogP contribution in [0, 0.1) is 0 Å². The standard InChI is InChI=1S/C43H49N5O7.C2HF3O2/c1-48(2)22-20-31(21-23-48)55-43(53)46-36-24-28(12-14-32(36)30-9-5-4-6-10-30)8-7-11-40(51)45-35-17-13-29(25-39(35)54-3)26-44-27-38(50)33-15-18-37(49)42-34(33)16-19-41(52)47-42;3-2(4,5)1(6)7/h4-6,9-10,12-19,24-25,31,38,44,50H,7-8,11,20-23,26-27H2,1-3H3,(H3-,45,46,47,49,51,52,53);(H,6,7)/t38-;/m0./s1. The maximum absolute atomic E-state index is 13.0. The van der Waals surface area contributed by atoms with E-state index in [2.05, 4.69) is 35.0 Å². The second-order valence-corrected chi connectivity index (χ2v) is 15.5. The van der Waals surface area contributed by atoms with Gasteiger partial charge >= 0.3 is 12.3 Å². The van der Waals surface area contributed by atoms with Crippen molar-refractivity contribution in [3.8, 4) is 22.6 Å². The predicted molar refractivity (Wildman–Crippen MR) is 225 cm³/mol. The van der Waals surface area contributed by atoms with Crippen LogP contribution in [0.2, 0.25) is 0 Å². The van der Waals surface area contributed by atoms with Crippen LogP contribution in [-0.4, -0.2) is 90.8 Å². The van der Waals surface area contributed by atoms with Gasteiger partial charge in [0, 0.05) is 49.4 Å². The summed E-state index contributed by atoms with van der Waals surface area (Å²) in [4.78, 5) is 49.2. The van der Waals surface area contributed by atoms with Crippen LogP contribution in [0.3, 0.4) is 0 Å². The quantitative estimate of drug-likeness (QED) is 0.0744. The SMILES string of the molecule is COc1cc(CNC[C@H](O)c2ccc(O)c3[nH]c(=O)ccc23)ccc1NC(=O)CCCc1ccc(-c2ccccc2)c(NC(=O)OC2CC[N+](C)(C)CC2)c1.O=C([O-])C(F)(F)F. The molecule has 0 spiro atoms. The van der Waals surface area contributed by atoms with E-state index in [4.69, 9.17) is 19.4 Å². The Bertz CT molecular complexity index is 2400. The number of H-pyrrole nitrogens is 1. The van der Waals surface area contributed by atoms with E-state index in [-0.39, 0.29) is 41.8 Å². The van der Waals surface area contributed by atoms with Gasteiger partial charge in [0.25, 0.3) is 0 Å². The van der Waals surface area contributed by atoms with Crippen molar-refractivity contribution in [3.05, 3.63) is 118 Å². The fraction of sp³-hybridized carbons (Fsp3) is 0.333. The first kappa shape index (κ1) is 46.6. The molecule has 1 atom stereocenters. The number of quaternary nitrogens is 1. The molecule has 1 saturated heterocycles. The first-order valence-corrected chi connectivity index (χ1v) is 19.9. The van der Waals surface area contributed by atoms with Crippen LogP contribution in [-0.2, 0) is 27.3 Å². The molecule has 1 aromatic heterocycles. The number of aromatic nitrogens is 1. The van der Waals surface area contributed by atoms with Gasteiger partial charge in [0.15, 0.2) is 0 Å². The third-order valence-electron chi connectivity index (χ3n) is 10.4. The molecule has 2 amide bonds. The number of carbonyl (C=O) groups excluding carboxylic acids is 3. The summed E-state index contributed by atoms with van der Waals surface area (Å²) in [5.41, 5.74) is 5.50. The monoisotopic (exact) mass is 861 g/mol. The minimum atomic E-state index is -5.19. The second kappa shape index (κ2) is 20.9. The number of nitrogens with one attached hydrogen (secondary N) is 4. The van der Waals surface area contributed by atoms with E-state index < -0.39 is 24.3 Å².